The van der Waals surface area contributed by atoms with Gasteiger partial charge in [-0.2, -0.15) is 0 Å². The highest BCUT2D eigenvalue weighted by Crippen LogP contribution is 2.48. The largest absolute Gasteiger partial charge is 0.378 e. The van der Waals surface area contributed by atoms with Gasteiger partial charge in [0.15, 0.2) is 0 Å². The van der Waals surface area contributed by atoms with Crippen LogP contribution in [0.5, 0.6) is 0 Å². The Balaban J connectivity index is 1.29. The molecule has 4 nitrogen and oxygen atoms in total. The van der Waals surface area contributed by atoms with Gasteiger partial charge in [0.2, 0.25) is 0 Å². The summed E-state index contributed by atoms with van der Waals surface area (Å²) in [6, 6.07) is 56.5. The van der Waals surface area contributed by atoms with E-state index in [2.05, 4.69) is 24.3 Å². The van der Waals surface area contributed by atoms with Gasteiger partial charge in [0.1, 0.15) is 30.2 Å². The monoisotopic (exact) mass is 638 g/mol. The molecule has 1 aliphatic heterocycles. The van der Waals surface area contributed by atoms with Gasteiger partial charge in [-0.25, -0.2) is 0 Å². The minimum atomic E-state index is -1.71. The summed E-state index contributed by atoms with van der Waals surface area (Å²) in [5.74, 6) is 0. The zero-order chi connectivity index (χ0) is 33.0. The Hall–Kier alpha value is -5.36. The quantitative estimate of drug-likeness (QED) is 0.191. The molecule has 8 aromatic carbocycles. The molecule has 0 spiro atoms. The number of benzene rings is 8. The molecule has 0 saturated carbocycles. The first-order chi connectivity index (χ1) is 24.0. The summed E-state index contributed by atoms with van der Waals surface area (Å²) in [5.41, 5.74) is -0.807. The highest BCUT2D eigenvalue weighted by atomic mass is 16.7. The minimum absolute atomic E-state index is 0.0950. The van der Waals surface area contributed by atoms with Crippen molar-refractivity contribution in [1.82, 2.24) is 0 Å². The van der Waals surface area contributed by atoms with Crippen LogP contribution in [0.1, 0.15) is 22.3 Å². The fourth-order valence-electron chi connectivity index (χ4n) is 7.74. The minimum Gasteiger partial charge on any atom is -0.378 e. The fourth-order valence-corrected chi connectivity index (χ4v) is 7.74. The molecule has 2 unspecified atom stereocenters. The highest BCUT2D eigenvalue weighted by Gasteiger charge is 2.57. The third kappa shape index (κ3) is 4.84. The summed E-state index contributed by atoms with van der Waals surface area (Å²) < 4.78 is 13.0. The summed E-state index contributed by atoms with van der Waals surface area (Å²) >= 11 is 0. The van der Waals surface area contributed by atoms with Crippen LogP contribution >= 0.6 is 0 Å². The summed E-state index contributed by atoms with van der Waals surface area (Å²) in [5, 5.41) is 35.1. The van der Waals surface area contributed by atoms with Gasteiger partial charge in [0, 0.05) is 0 Å². The van der Waals surface area contributed by atoms with E-state index in [1.807, 2.05) is 146 Å². The van der Waals surface area contributed by atoms with E-state index in [-0.39, 0.29) is 6.79 Å². The summed E-state index contributed by atoms with van der Waals surface area (Å²) in [7, 11) is 0. The molecule has 238 valence electrons. The van der Waals surface area contributed by atoms with Gasteiger partial charge in [0.25, 0.3) is 0 Å². The van der Waals surface area contributed by atoms with Crippen molar-refractivity contribution in [3.63, 3.8) is 0 Å². The van der Waals surface area contributed by atoms with E-state index in [1.54, 1.807) is 0 Å². The van der Waals surface area contributed by atoms with E-state index >= 15 is 0 Å². The van der Waals surface area contributed by atoms with E-state index in [4.69, 9.17) is 9.47 Å². The summed E-state index contributed by atoms with van der Waals surface area (Å²) in [6.07, 6.45) is -2.00. The second-order valence-electron chi connectivity index (χ2n) is 13.1. The van der Waals surface area contributed by atoms with Crippen molar-refractivity contribution in [1.29, 1.82) is 0 Å². The number of aliphatic hydroxyl groups is 2. The van der Waals surface area contributed by atoms with Crippen LogP contribution < -0.4 is 0 Å². The van der Waals surface area contributed by atoms with Gasteiger partial charge >= 0.3 is 0 Å². The van der Waals surface area contributed by atoms with Gasteiger partial charge in [-0.05, 0) is 89.6 Å². The molecule has 4 heteroatoms. The van der Waals surface area contributed by atoms with Crippen LogP contribution in [0.2, 0.25) is 0 Å². The van der Waals surface area contributed by atoms with Crippen LogP contribution in [0.15, 0.2) is 170 Å². The molecule has 1 aliphatic rings. The maximum Gasteiger partial charge on any atom is 0.148 e. The average Bonchev–Trinajstić information content (AvgIpc) is 3.68. The molecule has 0 amide bonds. The Morgan fingerprint density at radius 2 is 0.592 bits per heavy atom. The first kappa shape index (κ1) is 29.8. The molecule has 1 fully saturated rings. The lowest BCUT2D eigenvalue weighted by Gasteiger charge is -2.43. The molecular formula is C45H34O4. The SMILES string of the molecule is OC(c1ccc2ccccc2c1)(c1ccc2ccccc2c1)C1OCOC1C(O)(c1ccc2ccccc2c1)c1ccc2ccccc2c1. The number of hydrogen-bond acceptors (Lipinski definition) is 4. The van der Waals surface area contributed by atoms with E-state index in [9.17, 15) is 10.2 Å². The van der Waals surface area contributed by atoms with E-state index in [0.717, 1.165) is 43.1 Å². The van der Waals surface area contributed by atoms with Gasteiger partial charge in [-0.1, -0.05) is 146 Å². The van der Waals surface area contributed by atoms with Crippen LogP contribution in [0.4, 0.5) is 0 Å². The number of ether oxygens (including phenoxy) is 2. The van der Waals surface area contributed by atoms with Gasteiger partial charge in [-0.3, -0.25) is 0 Å². The molecule has 0 aliphatic carbocycles. The summed E-state index contributed by atoms with van der Waals surface area (Å²) in [6.45, 7) is -0.0950. The predicted octanol–water partition coefficient (Wildman–Crippen LogP) is 9.21. The highest BCUT2D eigenvalue weighted by molar-refractivity contribution is 5.87. The Morgan fingerprint density at radius 3 is 0.857 bits per heavy atom. The van der Waals surface area contributed by atoms with Crippen molar-refractivity contribution in [3.8, 4) is 0 Å². The van der Waals surface area contributed by atoms with Crippen molar-refractivity contribution < 1.29 is 19.7 Å². The Bertz CT molecular complexity index is 2170. The van der Waals surface area contributed by atoms with Crippen LogP contribution in [0.25, 0.3) is 43.1 Å². The topological polar surface area (TPSA) is 58.9 Å². The molecule has 8 aromatic rings. The Labute approximate surface area is 284 Å². The van der Waals surface area contributed by atoms with Gasteiger partial charge < -0.3 is 19.7 Å². The van der Waals surface area contributed by atoms with Crippen molar-refractivity contribution in [2.24, 2.45) is 0 Å². The molecule has 1 saturated heterocycles. The maximum absolute atomic E-state index is 13.4. The standard InChI is InChI=1S/C45H34O4/c46-44(38-21-17-30-9-1-5-13-34(30)25-38,39-22-18-31-10-2-6-14-35(31)26-39)42-43(49-29-48-42)45(47,40-23-19-32-11-3-7-15-36(32)27-40)41-24-20-33-12-4-8-16-37(33)28-41/h1-28,42-43,46-47H,29H2. The smallest absolute Gasteiger partial charge is 0.148 e. The second kappa shape index (κ2) is 11.7. The maximum atomic E-state index is 13.4. The third-order valence-electron chi connectivity index (χ3n) is 10.4. The van der Waals surface area contributed by atoms with Crippen LogP contribution in [-0.2, 0) is 20.7 Å². The molecular weight excluding hydrogens is 604 g/mol. The van der Waals surface area contributed by atoms with E-state index in [0.29, 0.717) is 22.3 Å². The summed E-state index contributed by atoms with van der Waals surface area (Å²) in [4.78, 5) is 0. The first-order valence-corrected chi connectivity index (χ1v) is 16.7. The first-order valence-electron chi connectivity index (χ1n) is 16.7. The van der Waals surface area contributed by atoms with Crippen LogP contribution in [0.3, 0.4) is 0 Å². The average molecular weight is 639 g/mol. The van der Waals surface area contributed by atoms with Crippen LogP contribution in [-0.4, -0.2) is 29.2 Å². The molecule has 49 heavy (non-hydrogen) atoms. The van der Waals surface area contributed by atoms with E-state index < -0.39 is 23.4 Å². The fraction of sp³-hybridized carbons (Fsp3) is 0.111. The van der Waals surface area contributed by atoms with Crippen molar-refractivity contribution in [2.45, 2.75) is 23.4 Å². The van der Waals surface area contributed by atoms with E-state index in [1.165, 1.54) is 0 Å². The lowest BCUT2D eigenvalue weighted by molar-refractivity contribution is -0.110. The van der Waals surface area contributed by atoms with Gasteiger partial charge in [0.05, 0.1) is 0 Å². The number of rotatable bonds is 6. The molecule has 9 rings (SSSR count). The number of hydrogen-bond donors (Lipinski definition) is 2. The molecule has 0 bridgehead atoms. The van der Waals surface area contributed by atoms with Gasteiger partial charge in [-0.15, -0.1) is 0 Å². The van der Waals surface area contributed by atoms with Crippen molar-refractivity contribution >= 4 is 43.1 Å². The van der Waals surface area contributed by atoms with Crippen molar-refractivity contribution in [2.75, 3.05) is 6.79 Å². The zero-order valence-corrected chi connectivity index (χ0v) is 26.7. The molecule has 1 heterocycles. The molecule has 2 N–H and O–H groups in total. The van der Waals surface area contributed by atoms with Crippen molar-refractivity contribution in [3.05, 3.63) is 192 Å². The third-order valence-corrected chi connectivity index (χ3v) is 10.4. The number of fused-ring (bicyclic) bond motifs is 4. The molecule has 0 aromatic heterocycles. The zero-order valence-electron chi connectivity index (χ0n) is 26.7. The Morgan fingerprint density at radius 1 is 0.347 bits per heavy atom. The molecule has 2 atom stereocenters. The molecule has 0 radical (unpaired) electrons. The Kier molecular flexibility index (Phi) is 7.08. The van der Waals surface area contributed by atoms with Crippen LogP contribution in [0, 0.1) is 0 Å². The lowest BCUT2D eigenvalue weighted by atomic mass is 9.71. The lowest BCUT2D eigenvalue weighted by Crippen LogP contribution is -2.55. The normalized spacial score (nSPS) is 16.9. The second-order valence-corrected chi connectivity index (χ2v) is 13.1. The predicted molar refractivity (Wildman–Crippen MR) is 196 cm³/mol.